The van der Waals surface area contributed by atoms with Crippen LogP contribution in [0.15, 0.2) is 0 Å². The van der Waals surface area contributed by atoms with E-state index >= 15 is 0 Å². The topological polar surface area (TPSA) is 0 Å². The van der Waals surface area contributed by atoms with Crippen molar-refractivity contribution < 1.29 is 0 Å². The quantitative estimate of drug-likeness (QED) is 0.531. The summed E-state index contributed by atoms with van der Waals surface area (Å²) in [5, 5.41) is 0. The molecule has 0 nitrogen and oxygen atoms in total. The Morgan fingerprint density at radius 1 is 1.08 bits per heavy atom. The van der Waals surface area contributed by atoms with Crippen LogP contribution in [0.1, 0.15) is 26.7 Å². The highest BCUT2D eigenvalue weighted by Crippen LogP contribution is 2.78. The van der Waals surface area contributed by atoms with E-state index < -0.39 is 0 Å². The number of hydrogen-bond acceptors (Lipinski definition) is 0. The number of rotatable bonds is 0. The van der Waals surface area contributed by atoms with Crippen LogP contribution in [0.25, 0.3) is 0 Å². The summed E-state index contributed by atoms with van der Waals surface area (Å²) >= 11 is 12.5. The minimum absolute atomic E-state index is 0.340. The van der Waals surface area contributed by atoms with Gasteiger partial charge in [-0.05, 0) is 36.0 Å². The van der Waals surface area contributed by atoms with E-state index in [9.17, 15) is 0 Å². The molecule has 0 heterocycles. The van der Waals surface area contributed by atoms with Crippen molar-refractivity contribution >= 4 is 23.2 Å². The van der Waals surface area contributed by atoms with Gasteiger partial charge in [0.15, 0.2) is 0 Å². The normalized spacial score (nSPS) is 57.0. The largest absolute Gasteiger partial charge is 0.125 e. The molecule has 0 aromatic heterocycles. The fourth-order valence-corrected chi connectivity index (χ4v) is 4.57. The average Bonchev–Trinajstić information content (AvgIpc) is 2.55. The molecule has 0 N–H and O–H groups in total. The smallest absolute Gasteiger partial charge is 0.101 e. The van der Waals surface area contributed by atoms with Gasteiger partial charge in [0.05, 0.1) is 0 Å². The Morgan fingerprint density at radius 2 is 1.67 bits per heavy atom. The maximum absolute atomic E-state index is 6.23. The third-order valence-corrected chi connectivity index (χ3v) is 5.85. The van der Waals surface area contributed by atoms with Crippen LogP contribution in [0.3, 0.4) is 0 Å². The molecule has 0 spiro atoms. The Kier molecular flexibility index (Phi) is 1.21. The van der Waals surface area contributed by atoms with Crippen LogP contribution in [0.2, 0.25) is 0 Å². The molecule has 0 aliphatic heterocycles. The second-order valence-corrected chi connectivity index (χ2v) is 6.85. The molecule has 68 valence electrons. The Bertz CT molecular complexity index is 244. The lowest BCUT2D eigenvalue weighted by atomic mass is 9.49. The molecular weight excluding hydrogens is 191 g/mol. The first-order valence-corrected chi connectivity index (χ1v) is 5.59. The lowest BCUT2D eigenvalue weighted by Crippen LogP contribution is -2.49. The first-order chi connectivity index (χ1) is 5.45. The Labute approximate surface area is 83.6 Å². The van der Waals surface area contributed by atoms with Crippen LogP contribution in [-0.4, -0.2) is 4.33 Å². The molecule has 0 unspecified atom stereocenters. The maximum atomic E-state index is 6.23. The third-order valence-electron chi connectivity index (χ3n) is 4.78. The highest BCUT2D eigenvalue weighted by atomic mass is 35.5. The molecule has 4 rings (SSSR count). The number of alkyl halides is 2. The number of hydrogen-bond donors (Lipinski definition) is 0. The van der Waals surface area contributed by atoms with Crippen molar-refractivity contribution in [3.63, 3.8) is 0 Å². The highest BCUT2D eigenvalue weighted by Gasteiger charge is 2.75. The van der Waals surface area contributed by atoms with Gasteiger partial charge in [-0.1, -0.05) is 13.8 Å². The van der Waals surface area contributed by atoms with Gasteiger partial charge in [-0.3, -0.25) is 0 Å². The maximum Gasteiger partial charge on any atom is 0.125 e. The molecule has 0 amide bonds. The summed E-state index contributed by atoms with van der Waals surface area (Å²) in [7, 11) is 0. The predicted octanol–water partition coefficient (Wildman–Crippen LogP) is 3.47. The molecule has 0 aromatic carbocycles. The summed E-state index contributed by atoms with van der Waals surface area (Å²) in [4.78, 5) is 0. The van der Waals surface area contributed by atoms with Crippen LogP contribution in [0.5, 0.6) is 0 Å². The van der Waals surface area contributed by atoms with Gasteiger partial charge in [0.25, 0.3) is 0 Å². The summed E-state index contributed by atoms with van der Waals surface area (Å²) in [6.07, 6.45) is 2.66. The SMILES string of the molecule is CC1(C)[C@H]2C[C@@H]1[C@H]1[C@@H](C2)C1(Cl)Cl. The Balaban J connectivity index is 1.93. The fourth-order valence-electron chi connectivity index (χ4n) is 3.64. The van der Waals surface area contributed by atoms with E-state index in [1.54, 1.807) is 0 Å². The summed E-state index contributed by atoms with van der Waals surface area (Å²) < 4.78 is -0.340. The zero-order chi connectivity index (χ0) is 8.72. The van der Waals surface area contributed by atoms with E-state index in [0.717, 1.165) is 11.8 Å². The average molecular weight is 205 g/mol. The molecule has 4 aliphatic carbocycles. The molecule has 4 atom stereocenters. The van der Waals surface area contributed by atoms with Gasteiger partial charge in [-0.15, -0.1) is 23.2 Å². The van der Waals surface area contributed by atoms with Crippen molar-refractivity contribution in [1.82, 2.24) is 0 Å². The minimum Gasteiger partial charge on any atom is -0.101 e. The molecular formula is C10H14Cl2. The number of halogens is 2. The van der Waals surface area contributed by atoms with Gasteiger partial charge in [0, 0.05) is 5.92 Å². The second-order valence-electron chi connectivity index (χ2n) is 5.40. The summed E-state index contributed by atoms with van der Waals surface area (Å²) in [6.45, 7) is 4.76. The van der Waals surface area contributed by atoms with Gasteiger partial charge in [0.2, 0.25) is 0 Å². The van der Waals surface area contributed by atoms with E-state index in [2.05, 4.69) is 13.8 Å². The predicted molar refractivity (Wildman–Crippen MR) is 51.4 cm³/mol. The fraction of sp³-hybridized carbons (Fsp3) is 1.00. The zero-order valence-corrected chi connectivity index (χ0v) is 8.99. The molecule has 2 heteroatoms. The van der Waals surface area contributed by atoms with Crippen LogP contribution >= 0.6 is 23.2 Å². The lowest BCUT2D eigenvalue weighted by Gasteiger charge is -2.56. The standard InChI is InChI=1S/C10H14Cl2/c1-9(2)5-3-6(9)8-7(4-5)10(8,11)12/h5-8H,3-4H2,1-2H3/t5-,6+,7+,8-/m0/s1. The monoisotopic (exact) mass is 204 g/mol. The van der Waals surface area contributed by atoms with Gasteiger partial charge in [-0.25, -0.2) is 0 Å². The van der Waals surface area contributed by atoms with Crippen molar-refractivity contribution in [2.24, 2.45) is 29.1 Å². The molecule has 12 heavy (non-hydrogen) atoms. The second kappa shape index (κ2) is 1.83. The molecule has 2 bridgehead atoms. The zero-order valence-electron chi connectivity index (χ0n) is 7.48. The third kappa shape index (κ3) is 0.652. The van der Waals surface area contributed by atoms with Crippen molar-refractivity contribution in [2.45, 2.75) is 31.0 Å². The lowest BCUT2D eigenvalue weighted by molar-refractivity contribution is -0.0734. The Hall–Kier alpha value is 0.580. The van der Waals surface area contributed by atoms with E-state index in [-0.39, 0.29) is 4.33 Å². The van der Waals surface area contributed by atoms with Crippen molar-refractivity contribution in [1.29, 1.82) is 0 Å². The van der Waals surface area contributed by atoms with Crippen molar-refractivity contribution in [2.75, 3.05) is 0 Å². The van der Waals surface area contributed by atoms with Crippen LogP contribution < -0.4 is 0 Å². The van der Waals surface area contributed by atoms with E-state index in [1.807, 2.05) is 0 Å². The molecule has 4 fully saturated rings. The summed E-state index contributed by atoms with van der Waals surface area (Å²) in [6, 6.07) is 0. The molecule has 4 aliphatic rings. The van der Waals surface area contributed by atoms with Crippen molar-refractivity contribution in [3.05, 3.63) is 0 Å². The van der Waals surface area contributed by atoms with Gasteiger partial charge in [-0.2, -0.15) is 0 Å². The molecule has 0 aromatic rings. The van der Waals surface area contributed by atoms with Gasteiger partial charge in [0.1, 0.15) is 4.33 Å². The van der Waals surface area contributed by atoms with E-state index in [0.29, 0.717) is 17.3 Å². The molecule has 4 saturated carbocycles. The molecule has 0 radical (unpaired) electrons. The summed E-state index contributed by atoms with van der Waals surface area (Å²) in [5.41, 5.74) is 0.534. The van der Waals surface area contributed by atoms with Gasteiger partial charge < -0.3 is 0 Å². The first kappa shape index (κ1) is 7.94. The van der Waals surface area contributed by atoms with E-state index in [1.165, 1.54) is 12.8 Å². The molecule has 0 saturated heterocycles. The highest BCUT2D eigenvalue weighted by molar-refractivity contribution is 6.51. The van der Waals surface area contributed by atoms with Crippen molar-refractivity contribution in [3.8, 4) is 0 Å². The van der Waals surface area contributed by atoms with Crippen LogP contribution in [0, 0.1) is 29.1 Å². The van der Waals surface area contributed by atoms with E-state index in [4.69, 9.17) is 23.2 Å². The Morgan fingerprint density at radius 3 is 2.08 bits per heavy atom. The van der Waals surface area contributed by atoms with Crippen LogP contribution in [0.4, 0.5) is 0 Å². The van der Waals surface area contributed by atoms with Gasteiger partial charge >= 0.3 is 0 Å². The van der Waals surface area contributed by atoms with Crippen LogP contribution in [-0.2, 0) is 0 Å². The minimum atomic E-state index is -0.340. The summed E-state index contributed by atoms with van der Waals surface area (Å²) in [5.74, 6) is 2.98. The first-order valence-electron chi connectivity index (χ1n) is 4.83.